The van der Waals surface area contributed by atoms with Crippen molar-refractivity contribution >= 4 is 27.1 Å². The van der Waals surface area contributed by atoms with Gasteiger partial charge in [0.05, 0.1) is 12.1 Å². The Balaban J connectivity index is 1.98. The maximum atomic E-state index is 14.7. The van der Waals surface area contributed by atoms with Crippen molar-refractivity contribution in [2.75, 3.05) is 13.7 Å². The molecular weight excluding hydrogens is 467 g/mol. The lowest BCUT2D eigenvalue weighted by Crippen LogP contribution is -2.31. The lowest BCUT2D eigenvalue weighted by atomic mass is 10.2. The van der Waals surface area contributed by atoms with Gasteiger partial charge in [0, 0.05) is 24.7 Å². The second-order valence-corrected chi connectivity index (χ2v) is 7.98. The van der Waals surface area contributed by atoms with Crippen LogP contribution in [-0.2, 0) is 17.8 Å². The van der Waals surface area contributed by atoms with Crippen molar-refractivity contribution < 1.29 is 9.13 Å². The monoisotopic (exact) mass is 486 g/mol. The Morgan fingerprint density at radius 1 is 1.13 bits per heavy atom. The molecule has 0 amide bonds. The van der Waals surface area contributed by atoms with E-state index < -0.39 is 17.1 Å². The van der Waals surface area contributed by atoms with Crippen LogP contribution in [-0.4, -0.2) is 32.8 Å². The Morgan fingerprint density at radius 3 is 2.65 bits per heavy atom. The van der Waals surface area contributed by atoms with Crippen LogP contribution in [0.4, 0.5) is 4.39 Å². The smallest absolute Gasteiger partial charge is 0.330 e. The highest BCUT2D eigenvalue weighted by Gasteiger charge is 2.21. The average molecular weight is 487 g/mol. The van der Waals surface area contributed by atoms with E-state index in [1.54, 1.807) is 23.8 Å². The van der Waals surface area contributed by atoms with Gasteiger partial charge in [0.1, 0.15) is 11.6 Å². The summed E-state index contributed by atoms with van der Waals surface area (Å²) in [6, 6.07) is 13.9. The minimum absolute atomic E-state index is 0.212. The molecule has 4 rings (SSSR count). The summed E-state index contributed by atoms with van der Waals surface area (Å²) in [7, 11) is 1.59. The first-order valence-corrected chi connectivity index (χ1v) is 10.5. The highest BCUT2D eigenvalue weighted by Crippen LogP contribution is 2.28. The van der Waals surface area contributed by atoms with Crippen LogP contribution in [0.2, 0.25) is 0 Å². The number of benzene rings is 2. The standard InChI is InChI=1S/C22H20BrFN4O3/c1-31-11-5-10-27-18-20(25-19(27)16-12-15(23)8-9-17(16)24)28(22(30)26-21(18)29)13-14-6-3-2-4-7-14/h2-4,6-9,12H,5,10-11,13H2,1H3,(H,26,29,30). The number of imidazole rings is 1. The highest BCUT2D eigenvalue weighted by molar-refractivity contribution is 9.10. The second kappa shape index (κ2) is 8.99. The van der Waals surface area contributed by atoms with Gasteiger partial charge in [-0.1, -0.05) is 46.3 Å². The number of hydrogen-bond donors (Lipinski definition) is 1. The number of rotatable bonds is 7. The van der Waals surface area contributed by atoms with Crippen molar-refractivity contribution in [2.24, 2.45) is 0 Å². The summed E-state index contributed by atoms with van der Waals surface area (Å²) in [5.41, 5.74) is 0.425. The third-order valence-electron chi connectivity index (χ3n) is 4.97. The molecule has 0 fully saturated rings. The molecule has 4 aromatic rings. The van der Waals surface area contributed by atoms with E-state index in [-0.39, 0.29) is 29.1 Å². The van der Waals surface area contributed by atoms with E-state index in [4.69, 9.17) is 4.74 Å². The molecule has 0 spiro atoms. The van der Waals surface area contributed by atoms with Gasteiger partial charge in [0.15, 0.2) is 11.2 Å². The molecule has 0 aliphatic rings. The number of nitrogens with one attached hydrogen (secondary N) is 1. The highest BCUT2D eigenvalue weighted by atomic mass is 79.9. The van der Waals surface area contributed by atoms with E-state index in [0.29, 0.717) is 24.0 Å². The third kappa shape index (κ3) is 4.24. The fourth-order valence-electron chi connectivity index (χ4n) is 3.54. The summed E-state index contributed by atoms with van der Waals surface area (Å²) >= 11 is 3.36. The number of ether oxygens (including phenoxy) is 1. The maximum absolute atomic E-state index is 14.7. The first kappa shape index (κ1) is 21.2. The molecular formula is C22H20BrFN4O3. The van der Waals surface area contributed by atoms with Gasteiger partial charge in [0.2, 0.25) is 0 Å². The number of aromatic nitrogens is 4. The van der Waals surface area contributed by atoms with Gasteiger partial charge >= 0.3 is 5.69 Å². The number of hydrogen-bond acceptors (Lipinski definition) is 4. The number of halogens is 2. The summed E-state index contributed by atoms with van der Waals surface area (Å²) in [6.45, 7) is 1.06. The number of fused-ring (bicyclic) bond motifs is 1. The summed E-state index contributed by atoms with van der Waals surface area (Å²) in [5, 5.41) is 0. The number of H-pyrrole nitrogens is 1. The van der Waals surface area contributed by atoms with Crippen molar-refractivity contribution in [3.05, 3.63) is 85.2 Å². The van der Waals surface area contributed by atoms with E-state index in [2.05, 4.69) is 25.9 Å². The fourth-order valence-corrected chi connectivity index (χ4v) is 3.91. The number of methoxy groups -OCH3 is 1. The lowest BCUT2D eigenvalue weighted by molar-refractivity contribution is 0.191. The number of aromatic amines is 1. The molecule has 0 atom stereocenters. The maximum Gasteiger partial charge on any atom is 0.330 e. The van der Waals surface area contributed by atoms with Crippen molar-refractivity contribution in [2.45, 2.75) is 19.5 Å². The molecule has 9 heteroatoms. The summed E-state index contributed by atoms with van der Waals surface area (Å²) < 4.78 is 23.6. The number of nitrogens with zero attached hydrogens (tertiary/aromatic N) is 3. The SMILES string of the molecule is COCCCn1c(-c2cc(Br)ccc2F)nc2c1c(=O)[nH]c(=O)n2Cc1ccccc1. The van der Waals surface area contributed by atoms with Gasteiger partial charge in [0.25, 0.3) is 5.56 Å². The van der Waals surface area contributed by atoms with Gasteiger partial charge in [-0.3, -0.25) is 14.3 Å². The lowest BCUT2D eigenvalue weighted by Gasteiger charge is -2.10. The van der Waals surface area contributed by atoms with Crippen molar-refractivity contribution in [3.8, 4) is 11.4 Å². The molecule has 2 aromatic heterocycles. The van der Waals surface area contributed by atoms with E-state index >= 15 is 0 Å². The van der Waals surface area contributed by atoms with E-state index in [1.165, 1.54) is 10.6 Å². The Kier molecular flexibility index (Phi) is 6.15. The van der Waals surface area contributed by atoms with Crippen LogP contribution in [0.1, 0.15) is 12.0 Å². The molecule has 0 radical (unpaired) electrons. The fraction of sp³-hybridized carbons (Fsp3) is 0.227. The minimum Gasteiger partial charge on any atom is -0.385 e. The summed E-state index contributed by atoms with van der Waals surface area (Å²) in [4.78, 5) is 32.4. The molecule has 1 N–H and O–H groups in total. The van der Waals surface area contributed by atoms with Crippen LogP contribution in [0.3, 0.4) is 0 Å². The molecule has 0 saturated carbocycles. The number of aryl methyl sites for hydroxylation is 1. The third-order valence-corrected chi connectivity index (χ3v) is 5.46. The van der Waals surface area contributed by atoms with Gasteiger partial charge < -0.3 is 9.30 Å². The predicted octanol–water partition coefficient (Wildman–Crippen LogP) is 3.54. The van der Waals surface area contributed by atoms with Crippen LogP contribution in [0.15, 0.2) is 62.6 Å². The Bertz CT molecular complexity index is 1340. The van der Waals surface area contributed by atoms with E-state index in [9.17, 15) is 14.0 Å². The quantitative estimate of drug-likeness (QED) is 0.405. The largest absolute Gasteiger partial charge is 0.385 e. The second-order valence-electron chi connectivity index (χ2n) is 7.06. The van der Waals surface area contributed by atoms with E-state index in [0.717, 1.165) is 5.56 Å². The molecule has 2 aromatic carbocycles. The zero-order chi connectivity index (χ0) is 22.0. The zero-order valence-corrected chi connectivity index (χ0v) is 18.4. The van der Waals surface area contributed by atoms with Gasteiger partial charge in [-0.15, -0.1) is 0 Å². The Labute approximate surface area is 185 Å². The van der Waals surface area contributed by atoms with Crippen molar-refractivity contribution in [1.82, 2.24) is 19.1 Å². The first-order valence-electron chi connectivity index (χ1n) is 9.71. The molecule has 7 nitrogen and oxygen atoms in total. The normalized spacial score (nSPS) is 11.3. The molecule has 31 heavy (non-hydrogen) atoms. The van der Waals surface area contributed by atoms with Gasteiger partial charge in [-0.25, -0.2) is 14.2 Å². The molecule has 0 saturated heterocycles. The van der Waals surface area contributed by atoms with E-state index in [1.807, 2.05) is 30.3 Å². The summed E-state index contributed by atoms with van der Waals surface area (Å²) in [5.74, 6) is -0.192. The molecule has 0 aliphatic carbocycles. The van der Waals surface area contributed by atoms with Gasteiger partial charge in [-0.2, -0.15) is 0 Å². The van der Waals surface area contributed by atoms with Crippen LogP contribution in [0.25, 0.3) is 22.6 Å². The van der Waals surface area contributed by atoms with Crippen LogP contribution < -0.4 is 11.2 Å². The topological polar surface area (TPSA) is 81.9 Å². The Morgan fingerprint density at radius 2 is 1.90 bits per heavy atom. The van der Waals surface area contributed by atoms with Crippen molar-refractivity contribution in [3.63, 3.8) is 0 Å². The van der Waals surface area contributed by atoms with Crippen LogP contribution in [0.5, 0.6) is 0 Å². The van der Waals surface area contributed by atoms with Gasteiger partial charge in [-0.05, 0) is 30.2 Å². The average Bonchev–Trinajstić information content (AvgIpc) is 3.13. The zero-order valence-electron chi connectivity index (χ0n) is 16.8. The molecule has 2 heterocycles. The van der Waals surface area contributed by atoms with Crippen LogP contribution >= 0.6 is 15.9 Å². The molecule has 0 bridgehead atoms. The molecule has 0 unspecified atom stereocenters. The Hall–Kier alpha value is -3.04. The summed E-state index contributed by atoms with van der Waals surface area (Å²) in [6.07, 6.45) is 0.585. The first-order chi connectivity index (χ1) is 15.0. The molecule has 0 aliphatic heterocycles. The van der Waals surface area contributed by atoms with Crippen molar-refractivity contribution in [1.29, 1.82) is 0 Å². The minimum atomic E-state index is -0.566. The van der Waals surface area contributed by atoms with Crippen LogP contribution in [0, 0.1) is 5.82 Å². The molecule has 160 valence electrons. The predicted molar refractivity (Wildman–Crippen MR) is 120 cm³/mol.